The van der Waals surface area contributed by atoms with Crippen LogP contribution in [-0.4, -0.2) is 47.8 Å². The lowest BCUT2D eigenvalue weighted by atomic mass is 10.0. The second kappa shape index (κ2) is 8.85. The highest BCUT2D eigenvalue weighted by Gasteiger charge is 2.13. The van der Waals surface area contributed by atoms with Crippen molar-refractivity contribution in [2.75, 3.05) is 27.2 Å². The maximum atomic E-state index is 12.4. The van der Waals surface area contributed by atoms with E-state index in [1.165, 1.54) is 0 Å². The average molecular weight is 377 g/mol. The van der Waals surface area contributed by atoms with Gasteiger partial charge in [-0.25, -0.2) is 0 Å². The Morgan fingerprint density at radius 3 is 2.39 bits per heavy atom. The van der Waals surface area contributed by atoms with Gasteiger partial charge in [0.1, 0.15) is 5.69 Å². The number of nitrogens with one attached hydrogen (secondary N) is 1. The molecule has 5 nitrogen and oxygen atoms in total. The van der Waals surface area contributed by atoms with Crippen LogP contribution in [0.15, 0.2) is 60.8 Å². The molecule has 28 heavy (non-hydrogen) atoms. The van der Waals surface area contributed by atoms with Crippen LogP contribution in [0.5, 0.6) is 0 Å². The van der Waals surface area contributed by atoms with E-state index in [1.807, 2.05) is 74.5 Å². The van der Waals surface area contributed by atoms with E-state index in [0.717, 1.165) is 28.9 Å². The topological polar surface area (TPSA) is 50.2 Å². The van der Waals surface area contributed by atoms with Gasteiger partial charge >= 0.3 is 0 Å². The molecule has 0 aliphatic carbocycles. The van der Waals surface area contributed by atoms with Crippen molar-refractivity contribution in [2.45, 2.75) is 6.92 Å². The molecule has 0 radical (unpaired) electrons. The Kier molecular flexibility index (Phi) is 6.26. The molecule has 3 rings (SSSR count). The van der Waals surface area contributed by atoms with Crippen LogP contribution in [0.4, 0.5) is 0 Å². The highest BCUT2D eigenvalue weighted by molar-refractivity contribution is 5.95. The van der Waals surface area contributed by atoms with Gasteiger partial charge in [0.05, 0.1) is 0 Å². The molecule has 0 bridgehead atoms. The largest absolute Gasteiger partial charge is 0.352 e. The molecule has 3 aromatic rings. The number of nitrogens with zero attached hydrogens (tertiary/aromatic N) is 3. The third kappa shape index (κ3) is 4.87. The SMILES string of the molecule is CC(CNC(=O)c1ccc(-c2cn(C)nc2-c2ccccc2)cc1)CN(C)C. The fraction of sp³-hybridized carbons (Fsp3) is 0.304. The molecule has 1 unspecified atom stereocenters. The fourth-order valence-electron chi connectivity index (χ4n) is 3.37. The number of hydrogen-bond donors (Lipinski definition) is 1. The number of carbonyl (C=O) groups is 1. The first-order valence-corrected chi connectivity index (χ1v) is 9.56. The van der Waals surface area contributed by atoms with Crippen molar-refractivity contribution in [3.63, 3.8) is 0 Å². The van der Waals surface area contributed by atoms with E-state index in [9.17, 15) is 4.79 Å². The molecule has 1 N–H and O–H groups in total. The van der Waals surface area contributed by atoms with Gasteiger partial charge in [0, 0.05) is 43.0 Å². The quantitative estimate of drug-likeness (QED) is 0.684. The summed E-state index contributed by atoms with van der Waals surface area (Å²) in [6, 6.07) is 17.9. The molecule has 0 saturated carbocycles. The lowest BCUT2D eigenvalue weighted by Crippen LogP contribution is -2.32. The van der Waals surface area contributed by atoms with Crippen LogP contribution in [0.1, 0.15) is 17.3 Å². The fourth-order valence-corrected chi connectivity index (χ4v) is 3.37. The minimum atomic E-state index is -0.0355. The molecule has 1 atom stereocenters. The highest BCUT2D eigenvalue weighted by atomic mass is 16.1. The van der Waals surface area contributed by atoms with E-state index >= 15 is 0 Å². The van der Waals surface area contributed by atoms with Crippen LogP contribution >= 0.6 is 0 Å². The van der Waals surface area contributed by atoms with Crippen molar-refractivity contribution in [1.29, 1.82) is 0 Å². The van der Waals surface area contributed by atoms with Crippen molar-refractivity contribution in [2.24, 2.45) is 13.0 Å². The number of rotatable bonds is 7. The highest BCUT2D eigenvalue weighted by Crippen LogP contribution is 2.30. The standard InChI is InChI=1S/C23H28N4O/c1-17(15-26(2)3)14-24-23(28)20-12-10-18(11-13-20)21-16-27(4)25-22(21)19-8-6-5-7-9-19/h5-13,16-17H,14-15H2,1-4H3,(H,24,28). The lowest BCUT2D eigenvalue weighted by Gasteiger charge is -2.17. The van der Waals surface area contributed by atoms with Gasteiger partial charge in [-0.1, -0.05) is 49.4 Å². The van der Waals surface area contributed by atoms with Crippen LogP contribution in [0.2, 0.25) is 0 Å². The predicted molar refractivity (Wildman–Crippen MR) is 114 cm³/mol. The summed E-state index contributed by atoms with van der Waals surface area (Å²) in [5, 5.41) is 7.64. The second-order valence-corrected chi connectivity index (χ2v) is 7.59. The van der Waals surface area contributed by atoms with Gasteiger partial charge in [-0.3, -0.25) is 9.48 Å². The Balaban J connectivity index is 1.74. The van der Waals surface area contributed by atoms with Crippen molar-refractivity contribution in [3.05, 3.63) is 66.4 Å². The predicted octanol–water partition coefficient (Wildman–Crippen LogP) is 3.68. The monoisotopic (exact) mass is 376 g/mol. The number of aryl methyl sites for hydroxylation is 1. The lowest BCUT2D eigenvalue weighted by molar-refractivity contribution is 0.0946. The summed E-state index contributed by atoms with van der Waals surface area (Å²) in [5.74, 6) is 0.369. The van der Waals surface area contributed by atoms with Crippen LogP contribution in [-0.2, 0) is 7.05 Å². The third-order valence-electron chi connectivity index (χ3n) is 4.62. The van der Waals surface area contributed by atoms with Crippen LogP contribution in [0, 0.1) is 5.92 Å². The summed E-state index contributed by atoms with van der Waals surface area (Å²) >= 11 is 0. The van der Waals surface area contributed by atoms with E-state index in [2.05, 4.69) is 34.4 Å². The second-order valence-electron chi connectivity index (χ2n) is 7.59. The Hall–Kier alpha value is -2.92. The average Bonchev–Trinajstić information content (AvgIpc) is 3.08. The first kappa shape index (κ1) is 19.8. The van der Waals surface area contributed by atoms with Crippen molar-refractivity contribution < 1.29 is 4.79 Å². The third-order valence-corrected chi connectivity index (χ3v) is 4.62. The maximum absolute atomic E-state index is 12.4. The molecule has 0 spiro atoms. The summed E-state index contributed by atoms with van der Waals surface area (Å²) < 4.78 is 1.82. The van der Waals surface area contributed by atoms with Crippen LogP contribution in [0.25, 0.3) is 22.4 Å². The Labute approximate surface area is 167 Å². The molecular formula is C23H28N4O. The van der Waals surface area contributed by atoms with Gasteiger partial charge in [0.15, 0.2) is 0 Å². The molecule has 146 valence electrons. The van der Waals surface area contributed by atoms with Gasteiger partial charge in [0.2, 0.25) is 0 Å². The van der Waals surface area contributed by atoms with E-state index in [4.69, 9.17) is 0 Å². The van der Waals surface area contributed by atoms with Gasteiger partial charge in [-0.15, -0.1) is 0 Å². The normalized spacial score (nSPS) is 12.2. The van der Waals surface area contributed by atoms with Crippen LogP contribution in [0.3, 0.4) is 0 Å². The summed E-state index contributed by atoms with van der Waals surface area (Å²) in [6.07, 6.45) is 2.01. The van der Waals surface area contributed by atoms with Gasteiger partial charge < -0.3 is 10.2 Å². The first-order valence-electron chi connectivity index (χ1n) is 9.56. The van der Waals surface area contributed by atoms with Crippen LogP contribution < -0.4 is 5.32 Å². The summed E-state index contributed by atoms with van der Waals surface area (Å²) in [4.78, 5) is 14.6. The molecule has 1 heterocycles. The molecule has 1 amide bonds. The van der Waals surface area contributed by atoms with Crippen molar-refractivity contribution in [3.8, 4) is 22.4 Å². The number of aromatic nitrogens is 2. The summed E-state index contributed by atoms with van der Waals surface area (Å²) in [5.41, 5.74) is 4.79. The van der Waals surface area contributed by atoms with Gasteiger partial charge in [-0.2, -0.15) is 5.10 Å². The molecule has 1 aromatic heterocycles. The zero-order valence-corrected chi connectivity index (χ0v) is 17.0. The van der Waals surface area contributed by atoms with Gasteiger partial charge in [0.25, 0.3) is 5.91 Å². The number of benzene rings is 2. The zero-order valence-electron chi connectivity index (χ0n) is 17.0. The number of hydrogen-bond acceptors (Lipinski definition) is 3. The molecule has 0 aliphatic rings. The van der Waals surface area contributed by atoms with E-state index < -0.39 is 0 Å². The summed E-state index contributed by atoms with van der Waals surface area (Å²) in [6.45, 7) is 3.75. The molecule has 0 aliphatic heterocycles. The number of amides is 1. The molecule has 0 fully saturated rings. The van der Waals surface area contributed by atoms with Crippen molar-refractivity contribution in [1.82, 2.24) is 20.0 Å². The minimum Gasteiger partial charge on any atom is -0.352 e. The van der Waals surface area contributed by atoms with E-state index in [0.29, 0.717) is 18.0 Å². The molecular weight excluding hydrogens is 348 g/mol. The number of carbonyl (C=O) groups excluding carboxylic acids is 1. The van der Waals surface area contributed by atoms with Crippen molar-refractivity contribution >= 4 is 5.91 Å². The first-order chi connectivity index (χ1) is 13.4. The van der Waals surface area contributed by atoms with Gasteiger partial charge in [-0.05, 0) is 37.7 Å². The Morgan fingerprint density at radius 2 is 1.75 bits per heavy atom. The minimum absolute atomic E-state index is 0.0355. The smallest absolute Gasteiger partial charge is 0.251 e. The van der Waals surface area contributed by atoms with E-state index in [1.54, 1.807) is 0 Å². The molecule has 0 saturated heterocycles. The Bertz CT molecular complexity index is 914. The Morgan fingerprint density at radius 1 is 1.07 bits per heavy atom. The van der Waals surface area contributed by atoms with E-state index in [-0.39, 0.29) is 5.91 Å². The molecule has 5 heteroatoms. The zero-order chi connectivity index (χ0) is 20.1. The summed E-state index contributed by atoms with van der Waals surface area (Å²) in [7, 11) is 6.00. The maximum Gasteiger partial charge on any atom is 0.251 e. The molecule has 2 aromatic carbocycles.